The average Bonchev–Trinajstić information content (AvgIpc) is 2.41. The second kappa shape index (κ2) is 6.78. The molecule has 0 fully saturated rings. The lowest BCUT2D eigenvalue weighted by Gasteiger charge is -2.14. The Labute approximate surface area is 125 Å². The number of para-hydroxylation sites is 1. The van der Waals surface area contributed by atoms with Crippen LogP contribution in [0.5, 0.6) is 11.5 Å². The van der Waals surface area contributed by atoms with Gasteiger partial charge >= 0.3 is 0 Å². The van der Waals surface area contributed by atoms with Crippen LogP contribution in [0.2, 0.25) is 5.02 Å². The first-order valence-electron chi connectivity index (χ1n) is 6.81. The third kappa shape index (κ3) is 3.99. The van der Waals surface area contributed by atoms with Crippen LogP contribution in [0.25, 0.3) is 0 Å². The Morgan fingerprint density at radius 2 is 1.85 bits per heavy atom. The first kappa shape index (κ1) is 14.9. The van der Waals surface area contributed by atoms with Gasteiger partial charge in [-0.3, -0.25) is 0 Å². The molecule has 2 nitrogen and oxygen atoms in total. The van der Waals surface area contributed by atoms with Crippen molar-refractivity contribution in [2.45, 2.75) is 33.4 Å². The van der Waals surface area contributed by atoms with E-state index in [2.05, 4.69) is 25.2 Å². The minimum Gasteiger partial charge on any atom is -0.457 e. The Morgan fingerprint density at radius 1 is 1.10 bits per heavy atom. The summed E-state index contributed by atoms with van der Waals surface area (Å²) in [4.78, 5) is 0. The first-order valence-corrected chi connectivity index (χ1v) is 7.19. The predicted octanol–water partition coefficient (Wildman–Crippen LogP) is 4.94. The van der Waals surface area contributed by atoms with E-state index in [4.69, 9.17) is 16.3 Å². The quantitative estimate of drug-likeness (QED) is 0.842. The molecule has 2 aromatic rings. The summed E-state index contributed by atoms with van der Waals surface area (Å²) >= 11 is 5.97. The van der Waals surface area contributed by atoms with Gasteiger partial charge in [0.15, 0.2) is 0 Å². The number of nitrogens with one attached hydrogen (secondary N) is 1. The smallest absolute Gasteiger partial charge is 0.131 e. The van der Waals surface area contributed by atoms with Gasteiger partial charge in [-0.15, -0.1) is 0 Å². The zero-order valence-corrected chi connectivity index (χ0v) is 12.9. The van der Waals surface area contributed by atoms with Crippen LogP contribution in [0.1, 0.15) is 25.0 Å². The summed E-state index contributed by atoms with van der Waals surface area (Å²) in [6, 6.07) is 14.2. The summed E-state index contributed by atoms with van der Waals surface area (Å²) in [5.41, 5.74) is 2.18. The van der Waals surface area contributed by atoms with Crippen molar-refractivity contribution in [2.24, 2.45) is 0 Å². The van der Waals surface area contributed by atoms with Crippen LogP contribution < -0.4 is 10.1 Å². The highest BCUT2D eigenvalue weighted by atomic mass is 35.5. The maximum atomic E-state index is 6.03. The highest BCUT2D eigenvalue weighted by molar-refractivity contribution is 6.30. The zero-order valence-electron chi connectivity index (χ0n) is 12.1. The molecule has 0 atom stereocenters. The monoisotopic (exact) mass is 289 g/mol. The molecule has 0 aromatic heterocycles. The minimum atomic E-state index is 0.445. The molecule has 106 valence electrons. The number of benzene rings is 2. The molecule has 3 heteroatoms. The lowest BCUT2D eigenvalue weighted by atomic mass is 10.2. The van der Waals surface area contributed by atoms with E-state index in [1.54, 1.807) is 0 Å². The molecule has 2 rings (SSSR count). The lowest BCUT2D eigenvalue weighted by Crippen LogP contribution is -2.22. The fourth-order valence-corrected chi connectivity index (χ4v) is 2.14. The van der Waals surface area contributed by atoms with Gasteiger partial charge in [0, 0.05) is 23.2 Å². The average molecular weight is 290 g/mol. The van der Waals surface area contributed by atoms with E-state index >= 15 is 0 Å². The van der Waals surface area contributed by atoms with Crippen molar-refractivity contribution < 1.29 is 4.74 Å². The van der Waals surface area contributed by atoms with Crippen molar-refractivity contribution in [1.29, 1.82) is 0 Å². The normalized spacial score (nSPS) is 10.8. The Hall–Kier alpha value is -1.51. The summed E-state index contributed by atoms with van der Waals surface area (Å²) in [6.07, 6.45) is 0. The van der Waals surface area contributed by atoms with Crippen molar-refractivity contribution in [3.8, 4) is 11.5 Å². The molecule has 0 spiro atoms. The number of rotatable bonds is 5. The maximum Gasteiger partial charge on any atom is 0.131 e. The van der Waals surface area contributed by atoms with Crippen molar-refractivity contribution >= 4 is 11.6 Å². The molecule has 20 heavy (non-hydrogen) atoms. The summed E-state index contributed by atoms with van der Waals surface area (Å²) in [5.74, 6) is 1.72. The molecule has 0 bridgehead atoms. The maximum absolute atomic E-state index is 6.03. The van der Waals surface area contributed by atoms with Gasteiger partial charge in [0.05, 0.1) is 0 Å². The van der Waals surface area contributed by atoms with Crippen LogP contribution in [0, 0.1) is 6.92 Å². The standard InChI is InChI=1S/C17H20ClNO/c1-12(2)19-11-14-6-4-5-7-17(14)20-16-9-8-15(18)10-13(16)3/h4-10,12,19H,11H2,1-3H3. The minimum absolute atomic E-state index is 0.445. The molecule has 0 aliphatic rings. The van der Waals surface area contributed by atoms with Gasteiger partial charge in [-0.2, -0.15) is 0 Å². The Kier molecular flexibility index (Phi) is 5.05. The summed E-state index contributed by atoms with van der Waals surface area (Å²) in [6.45, 7) is 7.05. The molecule has 0 amide bonds. The molecule has 0 unspecified atom stereocenters. The highest BCUT2D eigenvalue weighted by Crippen LogP contribution is 2.29. The topological polar surface area (TPSA) is 21.3 Å². The SMILES string of the molecule is Cc1cc(Cl)ccc1Oc1ccccc1CNC(C)C. The Bertz CT molecular complexity index is 581. The fraction of sp³-hybridized carbons (Fsp3) is 0.294. The molecule has 1 N–H and O–H groups in total. The van der Waals surface area contributed by atoms with E-state index in [-0.39, 0.29) is 0 Å². The zero-order chi connectivity index (χ0) is 14.5. The number of hydrogen-bond acceptors (Lipinski definition) is 2. The van der Waals surface area contributed by atoms with Gasteiger partial charge in [-0.1, -0.05) is 43.6 Å². The Morgan fingerprint density at radius 3 is 2.55 bits per heavy atom. The highest BCUT2D eigenvalue weighted by Gasteiger charge is 2.07. The number of aryl methyl sites for hydroxylation is 1. The third-order valence-corrected chi connectivity index (χ3v) is 3.27. The van der Waals surface area contributed by atoms with E-state index in [9.17, 15) is 0 Å². The molecule has 0 saturated carbocycles. The van der Waals surface area contributed by atoms with Crippen molar-refractivity contribution in [3.05, 3.63) is 58.6 Å². The molecule has 0 radical (unpaired) electrons. The third-order valence-electron chi connectivity index (χ3n) is 3.03. The van der Waals surface area contributed by atoms with Crippen LogP contribution in [-0.2, 0) is 6.54 Å². The van der Waals surface area contributed by atoms with Gasteiger partial charge in [0.1, 0.15) is 11.5 Å². The van der Waals surface area contributed by atoms with E-state index in [0.717, 1.165) is 34.2 Å². The summed E-state index contributed by atoms with van der Waals surface area (Å²) in [5, 5.41) is 4.14. The van der Waals surface area contributed by atoms with Gasteiger partial charge in [0.25, 0.3) is 0 Å². The van der Waals surface area contributed by atoms with Crippen molar-refractivity contribution in [1.82, 2.24) is 5.32 Å². The van der Waals surface area contributed by atoms with Crippen LogP contribution in [0.4, 0.5) is 0 Å². The second-order valence-corrected chi connectivity index (χ2v) is 5.59. The first-order chi connectivity index (χ1) is 9.56. The lowest BCUT2D eigenvalue weighted by molar-refractivity contribution is 0.466. The van der Waals surface area contributed by atoms with Crippen LogP contribution in [-0.4, -0.2) is 6.04 Å². The van der Waals surface area contributed by atoms with Crippen LogP contribution in [0.3, 0.4) is 0 Å². The van der Waals surface area contributed by atoms with Gasteiger partial charge in [-0.05, 0) is 36.8 Å². The molecular weight excluding hydrogens is 270 g/mol. The molecule has 0 saturated heterocycles. The second-order valence-electron chi connectivity index (χ2n) is 5.16. The van der Waals surface area contributed by atoms with E-state index in [1.807, 2.05) is 43.3 Å². The molecule has 2 aromatic carbocycles. The van der Waals surface area contributed by atoms with Gasteiger partial charge in [0.2, 0.25) is 0 Å². The number of ether oxygens (including phenoxy) is 1. The fourth-order valence-electron chi connectivity index (χ4n) is 1.91. The largest absolute Gasteiger partial charge is 0.457 e. The van der Waals surface area contributed by atoms with Crippen LogP contribution >= 0.6 is 11.6 Å². The number of halogens is 1. The van der Waals surface area contributed by atoms with E-state index < -0.39 is 0 Å². The van der Waals surface area contributed by atoms with Crippen molar-refractivity contribution in [3.63, 3.8) is 0 Å². The van der Waals surface area contributed by atoms with Gasteiger partial charge in [-0.25, -0.2) is 0 Å². The predicted molar refractivity (Wildman–Crippen MR) is 84.7 cm³/mol. The van der Waals surface area contributed by atoms with Crippen LogP contribution in [0.15, 0.2) is 42.5 Å². The van der Waals surface area contributed by atoms with Crippen molar-refractivity contribution in [2.75, 3.05) is 0 Å². The van der Waals surface area contributed by atoms with E-state index in [1.165, 1.54) is 0 Å². The number of hydrogen-bond donors (Lipinski definition) is 1. The molecule has 0 aliphatic heterocycles. The summed E-state index contributed by atoms with van der Waals surface area (Å²) < 4.78 is 6.03. The summed E-state index contributed by atoms with van der Waals surface area (Å²) in [7, 11) is 0. The Balaban J connectivity index is 2.20. The molecule has 0 aliphatic carbocycles. The molecule has 0 heterocycles. The van der Waals surface area contributed by atoms with Gasteiger partial charge < -0.3 is 10.1 Å². The molecular formula is C17H20ClNO. The van der Waals surface area contributed by atoms with E-state index in [0.29, 0.717) is 6.04 Å².